The molecule has 1 aromatic carbocycles. The minimum Gasteiger partial charge on any atom is -0.478 e. The fraction of sp³-hybridized carbons (Fsp3) is 0.250. The second-order valence-electron chi connectivity index (χ2n) is 5.21. The summed E-state index contributed by atoms with van der Waals surface area (Å²) in [4.78, 5) is 25.1. The van der Waals surface area contributed by atoms with Crippen LogP contribution in [0.5, 0.6) is 0 Å². The van der Waals surface area contributed by atoms with Gasteiger partial charge in [-0.15, -0.1) is 0 Å². The predicted molar refractivity (Wildman–Crippen MR) is 80.1 cm³/mol. The molecule has 1 aromatic heterocycles. The summed E-state index contributed by atoms with van der Waals surface area (Å²) >= 11 is 5.89. The highest BCUT2D eigenvalue weighted by molar-refractivity contribution is 6.30. The Hall–Kier alpha value is -2.27. The van der Waals surface area contributed by atoms with E-state index in [0.717, 1.165) is 24.7 Å². The zero-order valence-corrected chi connectivity index (χ0v) is 12.4. The van der Waals surface area contributed by atoms with Crippen molar-refractivity contribution in [2.24, 2.45) is 0 Å². The molecule has 3 rings (SSSR count). The number of carboxylic acid groups (broad SMARTS) is 1. The van der Waals surface area contributed by atoms with E-state index in [4.69, 9.17) is 21.1 Å². The molecule has 0 spiro atoms. The van der Waals surface area contributed by atoms with Crippen molar-refractivity contribution < 1.29 is 19.1 Å². The third-order valence-corrected chi connectivity index (χ3v) is 4.08. The molecule has 1 saturated heterocycles. The van der Waals surface area contributed by atoms with E-state index in [1.54, 1.807) is 17.0 Å². The van der Waals surface area contributed by atoms with Gasteiger partial charge in [-0.1, -0.05) is 23.7 Å². The van der Waals surface area contributed by atoms with Crippen molar-refractivity contribution in [1.29, 1.82) is 0 Å². The maximum Gasteiger partial charge on any atom is 0.338 e. The van der Waals surface area contributed by atoms with Gasteiger partial charge in [0.05, 0.1) is 11.6 Å². The van der Waals surface area contributed by atoms with Gasteiger partial charge in [-0.05, 0) is 30.5 Å². The second-order valence-corrected chi connectivity index (χ2v) is 5.65. The minimum absolute atomic E-state index is 0.0226. The van der Waals surface area contributed by atoms with Crippen molar-refractivity contribution in [2.75, 3.05) is 6.54 Å². The number of nitrogens with zero attached hydrogens (tertiary/aromatic N) is 1. The van der Waals surface area contributed by atoms with Crippen molar-refractivity contribution in [2.45, 2.75) is 18.9 Å². The molecule has 1 aliphatic rings. The number of hydrogen-bond acceptors (Lipinski definition) is 3. The molecular weight excluding hydrogens is 306 g/mol. The average Bonchev–Trinajstić information content (AvgIpc) is 3.17. The molecule has 1 amide bonds. The number of aromatic carboxylic acids is 1. The van der Waals surface area contributed by atoms with Crippen molar-refractivity contribution in [3.8, 4) is 0 Å². The number of rotatable bonds is 3. The molecule has 1 unspecified atom stereocenters. The number of furan rings is 1. The van der Waals surface area contributed by atoms with Gasteiger partial charge in [-0.25, -0.2) is 4.79 Å². The van der Waals surface area contributed by atoms with Gasteiger partial charge in [-0.2, -0.15) is 0 Å². The van der Waals surface area contributed by atoms with Crippen LogP contribution in [0.3, 0.4) is 0 Å². The van der Waals surface area contributed by atoms with E-state index in [2.05, 4.69) is 0 Å². The minimum atomic E-state index is -1.11. The van der Waals surface area contributed by atoms with Gasteiger partial charge in [-0.3, -0.25) is 4.79 Å². The summed E-state index contributed by atoms with van der Waals surface area (Å²) in [5.41, 5.74) is 0.992. The maximum absolute atomic E-state index is 12.5. The van der Waals surface area contributed by atoms with Crippen LogP contribution in [0.15, 0.2) is 41.0 Å². The number of likely N-dealkylation sites (tertiary alicyclic amines) is 1. The summed E-state index contributed by atoms with van der Waals surface area (Å²) in [6, 6.07) is 8.64. The Kier molecular flexibility index (Phi) is 3.90. The van der Waals surface area contributed by atoms with Crippen LogP contribution < -0.4 is 0 Å². The number of amides is 1. The van der Waals surface area contributed by atoms with Crippen molar-refractivity contribution in [3.63, 3.8) is 0 Å². The standard InChI is InChI=1S/C16H14ClNO4/c17-12-5-3-10(4-6-12)13-2-1-7-18(13)15(19)14-8-11(9-22-14)16(20)21/h3-6,8-9,13H,1-2,7H2,(H,20,21). The third-order valence-electron chi connectivity index (χ3n) is 3.83. The number of benzene rings is 1. The molecule has 0 aliphatic carbocycles. The molecule has 1 fully saturated rings. The first kappa shape index (κ1) is 14.7. The smallest absolute Gasteiger partial charge is 0.338 e. The fourth-order valence-corrected chi connectivity index (χ4v) is 2.87. The molecule has 0 saturated carbocycles. The number of halogens is 1. The highest BCUT2D eigenvalue weighted by Gasteiger charge is 2.32. The summed E-state index contributed by atoms with van der Waals surface area (Å²) in [5.74, 6) is -1.35. The Balaban J connectivity index is 1.84. The molecule has 6 heteroatoms. The Bertz CT molecular complexity index is 707. The Morgan fingerprint density at radius 1 is 1.27 bits per heavy atom. The molecule has 22 heavy (non-hydrogen) atoms. The summed E-state index contributed by atoms with van der Waals surface area (Å²) in [6.45, 7) is 0.620. The van der Waals surface area contributed by atoms with Gasteiger partial charge in [0, 0.05) is 17.6 Å². The van der Waals surface area contributed by atoms with Gasteiger partial charge < -0.3 is 14.4 Å². The van der Waals surface area contributed by atoms with Crippen LogP contribution in [0.1, 0.15) is 45.4 Å². The summed E-state index contributed by atoms with van der Waals surface area (Å²) in [6.07, 6.45) is 2.84. The normalized spacial score (nSPS) is 17.7. The van der Waals surface area contributed by atoms with E-state index >= 15 is 0 Å². The van der Waals surface area contributed by atoms with Crippen LogP contribution in [0.25, 0.3) is 0 Å². The highest BCUT2D eigenvalue weighted by atomic mass is 35.5. The lowest BCUT2D eigenvalue weighted by molar-refractivity contribution is 0.0690. The topological polar surface area (TPSA) is 70.7 Å². The zero-order valence-electron chi connectivity index (χ0n) is 11.7. The molecule has 1 N–H and O–H groups in total. The van der Waals surface area contributed by atoms with Gasteiger partial charge in [0.15, 0.2) is 5.76 Å². The quantitative estimate of drug-likeness (QED) is 0.938. The molecule has 1 atom stereocenters. The lowest BCUT2D eigenvalue weighted by Crippen LogP contribution is -2.30. The number of carbonyl (C=O) groups excluding carboxylic acids is 1. The first-order chi connectivity index (χ1) is 10.6. The average molecular weight is 320 g/mol. The summed E-state index contributed by atoms with van der Waals surface area (Å²) < 4.78 is 5.11. The molecule has 0 bridgehead atoms. The Labute approximate surface area is 132 Å². The van der Waals surface area contributed by atoms with Crippen LogP contribution in [0.2, 0.25) is 5.02 Å². The van der Waals surface area contributed by atoms with E-state index in [1.165, 1.54) is 6.07 Å². The lowest BCUT2D eigenvalue weighted by atomic mass is 10.0. The largest absolute Gasteiger partial charge is 0.478 e. The molecule has 2 heterocycles. The molecule has 5 nitrogen and oxygen atoms in total. The van der Waals surface area contributed by atoms with E-state index in [9.17, 15) is 9.59 Å². The van der Waals surface area contributed by atoms with Crippen molar-refractivity contribution >= 4 is 23.5 Å². The SMILES string of the molecule is O=C(O)c1coc(C(=O)N2CCCC2c2ccc(Cl)cc2)c1. The summed E-state index contributed by atoms with van der Waals surface area (Å²) in [5, 5.41) is 9.55. The van der Waals surface area contributed by atoms with Crippen LogP contribution in [0.4, 0.5) is 0 Å². The maximum atomic E-state index is 12.5. The molecule has 2 aromatic rings. The number of carbonyl (C=O) groups is 2. The number of hydrogen-bond donors (Lipinski definition) is 1. The van der Waals surface area contributed by atoms with Crippen LogP contribution in [-0.2, 0) is 0 Å². The first-order valence-corrected chi connectivity index (χ1v) is 7.32. The summed E-state index contributed by atoms with van der Waals surface area (Å²) in [7, 11) is 0. The first-order valence-electron chi connectivity index (χ1n) is 6.94. The fourth-order valence-electron chi connectivity index (χ4n) is 2.74. The second kappa shape index (κ2) is 5.85. The van der Waals surface area contributed by atoms with Crippen LogP contribution >= 0.6 is 11.6 Å². The highest BCUT2D eigenvalue weighted by Crippen LogP contribution is 2.33. The molecule has 1 aliphatic heterocycles. The molecule has 0 radical (unpaired) electrons. The lowest BCUT2D eigenvalue weighted by Gasteiger charge is -2.24. The molecular formula is C16H14ClNO4. The van der Waals surface area contributed by atoms with E-state index in [-0.39, 0.29) is 23.3 Å². The van der Waals surface area contributed by atoms with Gasteiger partial charge in [0.2, 0.25) is 0 Å². The van der Waals surface area contributed by atoms with Crippen molar-refractivity contribution in [1.82, 2.24) is 4.90 Å². The molecule has 114 valence electrons. The van der Waals surface area contributed by atoms with Gasteiger partial charge in [0.1, 0.15) is 6.26 Å². The van der Waals surface area contributed by atoms with Gasteiger partial charge >= 0.3 is 5.97 Å². The van der Waals surface area contributed by atoms with E-state index in [1.807, 2.05) is 12.1 Å². The van der Waals surface area contributed by atoms with Gasteiger partial charge in [0.25, 0.3) is 5.91 Å². The Morgan fingerprint density at radius 2 is 2.00 bits per heavy atom. The zero-order chi connectivity index (χ0) is 15.7. The number of carboxylic acids is 1. The van der Waals surface area contributed by atoms with Crippen LogP contribution in [0, 0.1) is 0 Å². The van der Waals surface area contributed by atoms with E-state index < -0.39 is 5.97 Å². The van der Waals surface area contributed by atoms with E-state index in [0.29, 0.717) is 11.6 Å². The van der Waals surface area contributed by atoms with Crippen molar-refractivity contribution in [3.05, 3.63) is 58.5 Å². The van der Waals surface area contributed by atoms with Crippen LogP contribution in [-0.4, -0.2) is 28.4 Å². The monoisotopic (exact) mass is 319 g/mol. The third kappa shape index (κ3) is 2.72. The Morgan fingerprint density at radius 3 is 2.64 bits per heavy atom. The predicted octanol–water partition coefficient (Wildman–Crippen LogP) is 3.61.